The van der Waals surface area contributed by atoms with Crippen LogP contribution < -0.4 is 10.1 Å². The highest BCUT2D eigenvalue weighted by molar-refractivity contribution is 5.77. The van der Waals surface area contributed by atoms with Crippen LogP contribution in [0.25, 0.3) is 0 Å². The van der Waals surface area contributed by atoms with Gasteiger partial charge in [-0.2, -0.15) is 0 Å². The van der Waals surface area contributed by atoms with Crippen LogP contribution in [0.4, 0.5) is 0 Å². The molecule has 0 saturated heterocycles. The molecule has 20 heavy (non-hydrogen) atoms. The number of carbonyl (C=O) groups is 1. The van der Waals surface area contributed by atoms with Gasteiger partial charge in [-0.15, -0.1) is 0 Å². The van der Waals surface area contributed by atoms with E-state index in [9.17, 15) is 4.79 Å². The molecular formula is C16H21NO3. The number of benzene rings is 1. The maximum Gasteiger partial charge on any atom is 0.246 e. The van der Waals surface area contributed by atoms with E-state index in [0.717, 1.165) is 30.8 Å². The lowest BCUT2D eigenvalue weighted by Gasteiger charge is -2.18. The summed E-state index contributed by atoms with van der Waals surface area (Å²) in [5.74, 6) is 1.54. The van der Waals surface area contributed by atoms with Crippen LogP contribution in [0.3, 0.4) is 0 Å². The molecule has 4 nitrogen and oxygen atoms in total. The first-order valence-corrected chi connectivity index (χ1v) is 7.42. The van der Waals surface area contributed by atoms with E-state index < -0.39 is 0 Å². The molecule has 0 unspecified atom stereocenters. The van der Waals surface area contributed by atoms with E-state index in [1.807, 2.05) is 24.3 Å². The Morgan fingerprint density at radius 1 is 1.30 bits per heavy atom. The summed E-state index contributed by atoms with van der Waals surface area (Å²) in [7, 11) is 0. The Hall–Kier alpha value is -1.55. The summed E-state index contributed by atoms with van der Waals surface area (Å²) in [6, 6.07) is 7.96. The standard InChI is InChI=1S/C16H21NO3/c18-16(11-19-10-12-7-8-12)17-14-5-3-9-20-15-6-2-1-4-13(14)15/h1-2,4,6,12,14H,3,5,7-11H2,(H,17,18)/t14-/m0/s1. The number of hydrogen-bond donors (Lipinski definition) is 1. The van der Waals surface area contributed by atoms with Crippen molar-refractivity contribution in [1.29, 1.82) is 0 Å². The predicted octanol–water partition coefficient (Wildman–Crippen LogP) is 2.44. The molecule has 0 bridgehead atoms. The fourth-order valence-electron chi connectivity index (χ4n) is 2.51. The first-order chi connectivity index (χ1) is 9.83. The van der Waals surface area contributed by atoms with Crippen LogP contribution in [0.1, 0.15) is 37.3 Å². The molecule has 1 saturated carbocycles. The monoisotopic (exact) mass is 275 g/mol. The fourth-order valence-corrected chi connectivity index (χ4v) is 2.51. The van der Waals surface area contributed by atoms with E-state index in [4.69, 9.17) is 9.47 Å². The van der Waals surface area contributed by atoms with Crippen LogP contribution in [0.5, 0.6) is 5.75 Å². The van der Waals surface area contributed by atoms with Crippen molar-refractivity contribution >= 4 is 5.91 Å². The zero-order valence-corrected chi connectivity index (χ0v) is 11.6. The van der Waals surface area contributed by atoms with Crippen LogP contribution in [0.2, 0.25) is 0 Å². The second-order valence-corrected chi connectivity index (χ2v) is 5.61. The zero-order chi connectivity index (χ0) is 13.8. The lowest BCUT2D eigenvalue weighted by atomic mass is 10.0. The number of ether oxygens (including phenoxy) is 2. The average Bonchev–Trinajstić information content (AvgIpc) is 3.27. The highest BCUT2D eigenvalue weighted by Gasteiger charge is 2.23. The van der Waals surface area contributed by atoms with Gasteiger partial charge >= 0.3 is 0 Å². The van der Waals surface area contributed by atoms with Crippen molar-refractivity contribution in [1.82, 2.24) is 5.32 Å². The highest BCUT2D eigenvalue weighted by atomic mass is 16.5. The molecule has 1 atom stereocenters. The van der Waals surface area contributed by atoms with Gasteiger partial charge in [-0.1, -0.05) is 18.2 Å². The van der Waals surface area contributed by atoms with Crippen molar-refractivity contribution in [3.63, 3.8) is 0 Å². The Balaban J connectivity index is 1.56. The molecule has 2 aliphatic rings. The molecule has 0 radical (unpaired) electrons. The third-order valence-corrected chi connectivity index (χ3v) is 3.81. The maximum absolute atomic E-state index is 12.0. The maximum atomic E-state index is 12.0. The summed E-state index contributed by atoms with van der Waals surface area (Å²) < 4.78 is 11.1. The van der Waals surface area contributed by atoms with Crippen LogP contribution in [-0.4, -0.2) is 25.7 Å². The summed E-state index contributed by atoms with van der Waals surface area (Å²) in [5, 5.41) is 3.07. The van der Waals surface area contributed by atoms with Gasteiger partial charge in [0.2, 0.25) is 5.91 Å². The number of amides is 1. The Morgan fingerprint density at radius 2 is 2.15 bits per heavy atom. The molecule has 0 spiro atoms. The van der Waals surface area contributed by atoms with Crippen LogP contribution in [0, 0.1) is 5.92 Å². The molecule has 1 aliphatic heterocycles. The first-order valence-electron chi connectivity index (χ1n) is 7.42. The Morgan fingerprint density at radius 3 is 3.00 bits per heavy atom. The Bertz CT molecular complexity index is 471. The Kier molecular flexibility index (Phi) is 4.21. The largest absolute Gasteiger partial charge is 0.493 e. The number of para-hydroxylation sites is 1. The van der Waals surface area contributed by atoms with Crippen molar-refractivity contribution in [2.24, 2.45) is 5.92 Å². The van der Waals surface area contributed by atoms with Gasteiger partial charge in [-0.3, -0.25) is 4.79 Å². The van der Waals surface area contributed by atoms with Crippen molar-refractivity contribution in [3.8, 4) is 5.75 Å². The molecule has 1 amide bonds. The van der Waals surface area contributed by atoms with Gasteiger partial charge in [0.1, 0.15) is 12.4 Å². The molecule has 1 N–H and O–H groups in total. The molecular weight excluding hydrogens is 254 g/mol. The van der Waals surface area contributed by atoms with Gasteiger partial charge in [0.05, 0.1) is 19.3 Å². The van der Waals surface area contributed by atoms with E-state index in [1.54, 1.807) is 0 Å². The molecule has 3 rings (SSSR count). The average molecular weight is 275 g/mol. The fraction of sp³-hybridized carbons (Fsp3) is 0.562. The van der Waals surface area contributed by atoms with Gasteiger partial charge in [-0.05, 0) is 37.7 Å². The molecule has 1 aliphatic carbocycles. The SMILES string of the molecule is O=C(COCC1CC1)N[C@H]1CCCOc2ccccc21. The summed E-state index contributed by atoms with van der Waals surface area (Å²) >= 11 is 0. The Labute approximate surface area is 119 Å². The van der Waals surface area contributed by atoms with E-state index in [-0.39, 0.29) is 18.6 Å². The second-order valence-electron chi connectivity index (χ2n) is 5.61. The lowest BCUT2D eigenvalue weighted by molar-refractivity contribution is -0.126. The van der Waals surface area contributed by atoms with E-state index >= 15 is 0 Å². The highest BCUT2D eigenvalue weighted by Crippen LogP contribution is 2.31. The van der Waals surface area contributed by atoms with Gasteiger partial charge in [0, 0.05) is 5.56 Å². The molecule has 1 heterocycles. The minimum absolute atomic E-state index is 0.0331. The molecule has 1 fully saturated rings. The van der Waals surface area contributed by atoms with Crippen LogP contribution in [0.15, 0.2) is 24.3 Å². The van der Waals surface area contributed by atoms with Gasteiger partial charge < -0.3 is 14.8 Å². The number of fused-ring (bicyclic) bond motifs is 1. The molecule has 0 aromatic heterocycles. The van der Waals surface area contributed by atoms with Crippen molar-refractivity contribution in [2.75, 3.05) is 19.8 Å². The predicted molar refractivity (Wildman–Crippen MR) is 75.6 cm³/mol. The molecule has 1 aromatic carbocycles. The minimum atomic E-state index is -0.0349. The summed E-state index contributed by atoms with van der Waals surface area (Å²) in [5.41, 5.74) is 1.07. The molecule has 1 aromatic rings. The second kappa shape index (κ2) is 6.27. The third kappa shape index (κ3) is 3.51. The van der Waals surface area contributed by atoms with Crippen molar-refractivity contribution < 1.29 is 14.3 Å². The first kappa shape index (κ1) is 13.4. The number of rotatable bonds is 5. The van der Waals surface area contributed by atoms with Crippen molar-refractivity contribution in [2.45, 2.75) is 31.7 Å². The number of hydrogen-bond acceptors (Lipinski definition) is 3. The number of nitrogens with one attached hydrogen (secondary N) is 1. The summed E-state index contributed by atoms with van der Waals surface area (Å²) in [4.78, 5) is 12.0. The smallest absolute Gasteiger partial charge is 0.246 e. The quantitative estimate of drug-likeness (QED) is 0.898. The van der Waals surface area contributed by atoms with E-state index in [2.05, 4.69) is 5.32 Å². The van der Waals surface area contributed by atoms with Gasteiger partial charge in [0.25, 0.3) is 0 Å². The minimum Gasteiger partial charge on any atom is -0.493 e. The van der Waals surface area contributed by atoms with Crippen LogP contribution >= 0.6 is 0 Å². The van der Waals surface area contributed by atoms with Gasteiger partial charge in [-0.25, -0.2) is 0 Å². The number of carbonyl (C=O) groups excluding carboxylic acids is 1. The third-order valence-electron chi connectivity index (χ3n) is 3.81. The topological polar surface area (TPSA) is 47.6 Å². The van der Waals surface area contributed by atoms with E-state index in [1.165, 1.54) is 12.8 Å². The summed E-state index contributed by atoms with van der Waals surface area (Å²) in [6.07, 6.45) is 4.35. The normalized spacial score (nSPS) is 21.5. The zero-order valence-electron chi connectivity index (χ0n) is 11.6. The van der Waals surface area contributed by atoms with Crippen molar-refractivity contribution in [3.05, 3.63) is 29.8 Å². The van der Waals surface area contributed by atoms with E-state index in [0.29, 0.717) is 12.5 Å². The lowest BCUT2D eigenvalue weighted by Crippen LogP contribution is -2.31. The van der Waals surface area contributed by atoms with Crippen LogP contribution in [-0.2, 0) is 9.53 Å². The summed E-state index contributed by atoms with van der Waals surface area (Å²) in [6.45, 7) is 1.59. The van der Waals surface area contributed by atoms with Gasteiger partial charge in [0.15, 0.2) is 0 Å². The molecule has 108 valence electrons. The molecule has 4 heteroatoms.